The fourth-order valence-corrected chi connectivity index (χ4v) is 6.28. The Morgan fingerprint density at radius 1 is 0.531 bits per heavy atom. The number of hydrogen-bond acceptors (Lipinski definition) is 4. The van der Waals surface area contributed by atoms with Gasteiger partial charge < -0.3 is 9.47 Å². The normalized spacial score (nSPS) is 31.5. The van der Waals surface area contributed by atoms with Crippen LogP contribution in [-0.4, -0.2) is 25.2 Å². The van der Waals surface area contributed by atoms with E-state index in [0.717, 1.165) is 51.4 Å². The summed E-state index contributed by atoms with van der Waals surface area (Å²) >= 11 is 0. The molecule has 4 nitrogen and oxygen atoms in total. The van der Waals surface area contributed by atoms with Crippen LogP contribution in [-0.2, 0) is 19.1 Å². The second kappa shape index (κ2) is 12.0. The van der Waals surface area contributed by atoms with Gasteiger partial charge in [-0.2, -0.15) is 0 Å². The Hall–Kier alpha value is -1.58. The highest BCUT2D eigenvalue weighted by molar-refractivity contribution is 5.74. The molecule has 0 amide bonds. The molecular formula is C28H42O4. The molecule has 4 rings (SSSR count). The van der Waals surface area contributed by atoms with Crippen molar-refractivity contribution in [1.29, 1.82) is 0 Å². The Morgan fingerprint density at radius 2 is 0.906 bits per heavy atom. The number of ether oxygens (including phenoxy) is 2. The summed E-state index contributed by atoms with van der Waals surface area (Å²) in [6, 6.07) is 0. The van der Waals surface area contributed by atoms with Crippen molar-refractivity contribution in [3.63, 3.8) is 0 Å². The van der Waals surface area contributed by atoms with Crippen molar-refractivity contribution in [2.24, 2.45) is 35.5 Å². The van der Waals surface area contributed by atoms with Crippen molar-refractivity contribution >= 4 is 11.9 Å². The standard InChI is InChI=1S/C28H42O4/c29-27(25-19-21-11-13-23(25)17-21)31-15-9-7-5-3-1-2-4-6-8-10-16-32-28(30)26-20-22-12-14-24(26)18-22/h11-14,21-26H,1-10,15-20H2. The molecule has 0 spiro atoms. The molecule has 4 aliphatic rings. The van der Waals surface area contributed by atoms with Crippen LogP contribution in [0.15, 0.2) is 24.3 Å². The Balaban J connectivity index is 0.881. The van der Waals surface area contributed by atoms with E-state index < -0.39 is 0 Å². The summed E-state index contributed by atoms with van der Waals surface area (Å²) in [5.41, 5.74) is 0. The predicted octanol–water partition coefficient (Wildman–Crippen LogP) is 6.40. The minimum atomic E-state index is 0.0410. The first-order valence-electron chi connectivity index (χ1n) is 13.4. The average molecular weight is 443 g/mol. The van der Waals surface area contributed by atoms with Gasteiger partial charge in [-0.3, -0.25) is 9.59 Å². The predicted molar refractivity (Wildman–Crippen MR) is 126 cm³/mol. The molecule has 0 aromatic carbocycles. The lowest BCUT2D eigenvalue weighted by Crippen LogP contribution is -2.21. The summed E-state index contributed by atoms with van der Waals surface area (Å²) in [5.74, 6) is 2.51. The SMILES string of the molecule is O=C(OCCCCCCCCCCCCOC(=O)C1CC2C=CC1C2)C1CC2C=CC1C2. The van der Waals surface area contributed by atoms with Crippen LogP contribution < -0.4 is 0 Å². The van der Waals surface area contributed by atoms with E-state index in [0.29, 0.717) is 36.9 Å². The maximum Gasteiger partial charge on any atom is 0.309 e. The van der Waals surface area contributed by atoms with Gasteiger partial charge in [-0.1, -0.05) is 75.7 Å². The number of rotatable bonds is 15. The van der Waals surface area contributed by atoms with Crippen LogP contribution in [0.4, 0.5) is 0 Å². The van der Waals surface area contributed by atoms with Crippen LogP contribution in [0, 0.1) is 35.5 Å². The highest BCUT2D eigenvalue weighted by Gasteiger charge is 2.41. The van der Waals surface area contributed by atoms with Gasteiger partial charge in [-0.25, -0.2) is 0 Å². The molecule has 0 aromatic heterocycles. The van der Waals surface area contributed by atoms with Crippen LogP contribution in [0.25, 0.3) is 0 Å². The molecule has 32 heavy (non-hydrogen) atoms. The third-order valence-electron chi connectivity index (χ3n) is 8.19. The second-order valence-corrected chi connectivity index (χ2v) is 10.6. The highest BCUT2D eigenvalue weighted by atomic mass is 16.5. The Morgan fingerprint density at radius 3 is 1.22 bits per heavy atom. The second-order valence-electron chi connectivity index (χ2n) is 10.6. The van der Waals surface area contributed by atoms with Crippen molar-refractivity contribution in [2.45, 2.75) is 89.9 Å². The van der Waals surface area contributed by atoms with E-state index in [1.807, 2.05) is 0 Å². The van der Waals surface area contributed by atoms with Gasteiger partial charge in [-0.15, -0.1) is 0 Å². The molecule has 0 aliphatic heterocycles. The van der Waals surface area contributed by atoms with Crippen LogP contribution in [0.3, 0.4) is 0 Å². The lowest BCUT2D eigenvalue weighted by molar-refractivity contribution is -0.150. The average Bonchev–Trinajstić information content (AvgIpc) is 3.60. The molecule has 0 N–H and O–H groups in total. The van der Waals surface area contributed by atoms with Crippen LogP contribution >= 0.6 is 0 Å². The summed E-state index contributed by atoms with van der Waals surface area (Å²) < 4.78 is 11.0. The number of esters is 2. The monoisotopic (exact) mass is 442 g/mol. The van der Waals surface area contributed by atoms with Gasteiger partial charge in [0.25, 0.3) is 0 Å². The summed E-state index contributed by atoms with van der Waals surface area (Å²) in [6.07, 6.45) is 25.2. The van der Waals surface area contributed by atoms with Crippen molar-refractivity contribution in [1.82, 2.24) is 0 Å². The van der Waals surface area contributed by atoms with E-state index in [9.17, 15) is 9.59 Å². The Bertz CT molecular complexity index is 623. The van der Waals surface area contributed by atoms with Gasteiger partial charge >= 0.3 is 11.9 Å². The number of unbranched alkanes of at least 4 members (excludes halogenated alkanes) is 9. The van der Waals surface area contributed by atoms with Gasteiger partial charge in [0.2, 0.25) is 0 Å². The first kappa shape index (κ1) is 23.6. The molecule has 4 bridgehead atoms. The van der Waals surface area contributed by atoms with E-state index in [1.54, 1.807) is 0 Å². The van der Waals surface area contributed by atoms with Gasteiger partial charge in [0.05, 0.1) is 25.0 Å². The van der Waals surface area contributed by atoms with Crippen molar-refractivity contribution in [2.75, 3.05) is 13.2 Å². The summed E-state index contributed by atoms with van der Waals surface area (Å²) in [6.45, 7) is 1.19. The number of carbonyl (C=O) groups excluding carboxylic acids is 2. The maximum absolute atomic E-state index is 12.2. The van der Waals surface area contributed by atoms with E-state index in [-0.39, 0.29) is 23.8 Å². The van der Waals surface area contributed by atoms with Crippen molar-refractivity contribution < 1.29 is 19.1 Å². The lowest BCUT2D eigenvalue weighted by Gasteiger charge is -2.16. The fourth-order valence-electron chi connectivity index (χ4n) is 6.28. The molecular weight excluding hydrogens is 400 g/mol. The Kier molecular flexibility index (Phi) is 8.87. The molecule has 4 heteroatoms. The van der Waals surface area contributed by atoms with Crippen LogP contribution in [0.1, 0.15) is 89.9 Å². The summed E-state index contributed by atoms with van der Waals surface area (Å²) in [4.78, 5) is 24.3. The van der Waals surface area contributed by atoms with E-state index in [4.69, 9.17) is 9.47 Å². The van der Waals surface area contributed by atoms with Gasteiger partial charge in [0, 0.05) is 0 Å². The zero-order valence-corrected chi connectivity index (χ0v) is 19.7. The number of fused-ring (bicyclic) bond motifs is 4. The molecule has 0 heterocycles. The van der Waals surface area contributed by atoms with Crippen molar-refractivity contribution in [3.05, 3.63) is 24.3 Å². The number of carbonyl (C=O) groups is 2. The van der Waals surface area contributed by atoms with Gasteiger partial charge in [0.1, 0.15) is 0 Å². The van der Waals surface area contributed by atoms with Gasteiger partial charge in [0.15, 0.2) is 0 Å². The van der Waals surface area contributed by atoms with E-state index in [2.05, 4.69) is 24.3 Å². The molecule has 2 saturated carbocycles. The molecule has 0 radical (unpaired) electrons. The molecule has 4 aliphatic carbocycles. The first-order chi connectivity index (χ1) is 15.7. The van der Waals surface area contributed by atoms with E-state index in [1.165, 1.54) is 38.5 Å². The number of hydrogen-bond donors (Lipinski definition) is 0. The van der Waals surface area contributed by atoms with Crippen LogP contribution in [0.5, 0.6) is 0 Å². The molecule has 0 saturated heterocycles. The third kappa shape index (κ3) is 6.48. The molecule has 2 fully saturated rings. The zero-order valence-electron chi connectivity index (χ0n) is 19.7. The Labute approximate surface area is 194 Å². The van der Waals surface area contributed by atoms with Crippen molar-refractivity contribution in [3.8, 4) is 0 Å². The number of allylic oxidation sites excluding steroid dienone is 4. The molecule has 178 valence electrons. The fraction of sp³-hybridized carbons (Fsp3) is 0.786. The van der Waals surface area contributed by atoms with Gasteiger partial charge in [-0.05, 0) is 62.2 Å². The van der Waals surface area contributed by atoms with E-state index >= 15 is 0 Å². The summed E-state index contributed by atoms with van der Waals surface area (Å²) in [7, 11) is 0. The first-order valence-corrected chi connectivity index (χ1v) is 13.4. The van der Waals surface area contributed by atoms with Crippen LogP contribution in [0.2, 0.25) is 0 Å². The third-order valence-corrected chi connectivity index (χ3v) is 8.19. The molecule has 0 aromatic rings. The molecule has 6 atom stereocenters. The lowest BCUT2D eigenvalue weighted by atomic mass is 9.94. The molecule has 6 unspecified atom stereocenters. The summed E-state index contributed by atoms with van der Waals surface area (Å²) in [5, 5.41) is 0. The zero-order chi connectivity index (χ0) is 22.2. The minimum Gasteiger partial charge on any atom is -0.465 e. The quantitative estimate of drug-likeness (QED) is 0.167. The highest BCUT2D eigenvalue weighted by Crippen LogP contribution is 2.44. The minimum absolute atomic E-state index is 0.0410. The topological polar surface area (TPSA) is 52.6 Å². The largest absolute Gasteiger partial charge is 0.465 e. The smallest absolute Gasteiger partial charge is 0.309 e. The maximum atomic E-state index is 12.2.